The second kappa shape index (κ2) is 5.96. The zero-order valence-electron chi connectivity index (χ0n) is 9.73. The van der Waals surface area contributed by atoms with Crippen LogP contribution >= 0.6 is 11.6 Å². The number of hydrogen-bond donors (Lipinski definition) is 0. The van der Waals surface area contributed by atoms with Gasteiger partial charge in [-0.05, 0) is 12.8 Å². The summed E-state index contributed by atoms with van der Waals surface area (Å²) in [6.07, 6.45) is 8.71. The van der Waals surface area contributed by atoms with Gasteiger partial charge in [-0.25, -0.2) is 9.97 Å². The summed E-state index contributed by atoms with van der Waals surface area (Å²) in [4.78, 5) is 21.9. The van der Waals surface area contributed by atoms with Crippen LogP contribution in [0.5, 0.6) is 0 Å². The maximum absolute atomic E-state index is 12.2. The van der Waals surface area contributed by atoms with Gasteiger partial charge in [0.1, 0.15) is 10.8 Å². The lowest BCUT2D eigenvalue weighted by Crippen LogP contribution is -2.34. The number of carbonyl (C=O) groups is 1. The summed E-state index contributed by atoms with van der Waals surface area (Å²) in [6, 6.07) is 0. The van der Waals surface area contributed by atoms with Crippen LogP contribution in [-0.4, -0.2) is 33.9 Å². The van der Waals surface area contributed by atoms with Crippen LogP contribution in [0.4, 0.5) is 0 Å². The summed E-state index contributed by atoms with van der Waals surface area (Å²) in [6.45, 7) is 1.65. The summed E-state index contributed by atoms with van der Waals surface area (Å²) in [7, 11) is 0. The number of nitrogens with zero attached hydrogens (tertiary/aromatic N) is 3. The molecule has 0 unspecified atom stereocenters. The fourth-order valence-corrected chi connectivity index (χ4v) is 2.13. The number of carbonyl (C=O) groups excluding carboxylic acids is 1. The minimum atomic E-state index is -0.0314. The first-order chi connectivity index (χ1) is 8.27. The van der Waals surface area contributed by atoms with E-state index in [1.165, 1.54) is 31.7 Å². The molecule has 0 bridgehead atoms. The molecule has 1 aliphatic heterocycles. The minimum Gasteiger partial charge on any atom is -0.337 e. The molecule has 1 fully saturated rings. The second-order valence-corrected chi connectivity index (χ2v) is 4.67. The predicted octanol–water partition coefficient (Wildman–Crippen LogP) is 2.54. The number of hydrogen-bond acceptors (Lipinski definition) is 3. The average molecular weight is 254 g/mol. The molecule has 0 aliphatic carbocycles. The molecular formula is C12H16ClN3O. The number of rotatable bonds is 1. The molecule has 1 aliphatic rings. The fourth-order valence-electron chi connectivity index (χ4n) is 2.04. The highest BCUT2D eigenvalue weighted by Gasteiger charge is 2.17. The molecule has 92 valence electrons. The molecule has 0 atom stereocenters. The summed E-state index contributed by atoms with van der Waals surface area (Å²) in [5.41, 5.74) is 0.384. The highest BCUT2D eigenvalue weighted by Crippen LogP contribution is 2.12. The van der Waals surface area contributed by atoms with E-state index in [1.54, 1.807) is 0 Å². The Morgan fingerprint density at radius 2 is 1.71 bits per heavy atom. The summed E-state index contributed by atoms with van der Waals surface area (Å²) in [5, 5.41) is 0.314. The molecule has 17 heavy (non-hydrogen) atoms. The van der Waals surface area contributed by atoms with Crippen molar-refractivity contribution in [3.63, 3.8) is 0 Å². The Bertz CT molecular complexity index is 372. The first-order valence-electron chi connectivity index (χ1n) is 6.04. The third-order valence-corrected chi connectivity index (χ3v) is 3.18. The van der Waals surface area contributed by atoms with Crippen LogP contribution in [0.2, 0.25) is 5.15 Å². The third-order valence-electron chi connectivity index (χ3n) is 2.98. The Morgan fingerprint density at radius 3 is 2.29 bits per heavy atom. The number of likely N-dealkylation sites (tertiary alicyclic amines) is 1. The smallest absolute Gasteiger partial charge is 0.274 e. The normalized spacial score (nSPS) is 17.4. The van der Waals surface area contributed by atoms with E-state index in [9.17, 15) is 4.79 Å². The molecule has 0 radical (unpaired) electrons. The van der Waals surface area contributed by atoms with Crippen LogP contribution < -0.4 is 0 Å². The maximum Gasteiger partial charge on any atom is 0.274 e. The van der Waals surface area contributed by atoms with Crippen LogP contribution in [0.15, 0.2) is 12.4 Å². The topological polar surface area (TPSA) is 46.1 Å². The molecule has 1 aromatic heterocycles. The fraction of sp³-hybridized carbons (Fsp3) is 0.583. The van der Waals surface area contributed by atoms with E-state index in [0.717, 1.165) is 25.9 Å². The minimum absolute atomic E-state index is 0.0314. The van der Waals surface area contributed by atoms with Gasteiger partial charge in [0.15, 0.2) is 0 Å². The number of aromatic nitrogens is 2. The molecule has 4 nitrogen and oxygen atoms in total. The molecule has 5 heteroatoms. The zero-order valence-corrected chi connectivity index (χ0v) is 10.5. The molecule has 1 saturated heterocycles. The molecule has 2 heterocycles. The van der Waals surface area contributed by atoms with Gasteiger partial charge >= 0.3 is 0 Å². The van der Waals surface area contributed by atoms with E-state index in [1.807, 2.05) is 4.90 Å². The van der Waals surface area contributed by atoms with Crippen molar-refractivity contribution in [1.29, 1.82) is 0 Å². The predicted molar refractivity (Wildman–Crippen MR) is 66.0 cm³/mol. The summed E-state index contributed by atoms with van der Waals surface area (Å²) in [5.74, 6) is -0.0314. The van der Waals surface area contributed by atoms with E-state index in [0.29, 0.717) is 10.8 Å². The van der Waals surface area contributed by atoms with E-state index < -0.39 is 0 Å². The van der Waals surface area contributed by atoms with Gasteiger partial charge < -0.3 is 4.90 Å². The second-order valence-electron chi connectivity index (χ2n) is 4.28. The van der Waals surface area contributed by atoms with Gasteiger partial charge in [-0.2, -0.15) is 0 Å². The van der Waals surface area contributed by atoms with E-state index in [2.05, 4.69) is 9.97 Å². The molecular weight excluding hydrogens is 238 g/mol. The third kappa shape index (κ3) is 3.40. The van der Waals surface area contributed by atoms with Crippen molar-refractivity contribution >= 4 is 17.5 Å². The molecule has 0 spiro atoms. The molecule has 1 aromatic rings. The van der Waals surface area contributed by atoms with Crippen LogP contribution in [-0.2, 0) is 0 Å². The standard InChI is InChI=1S/C12H16ClN3O/c13-11-9-14-10(8-15-11)12(17)16-6-4-2-1-3-5-7-16/h8-9H,1-7H2. The monoisotopic (exact) mass is 253 g/mol. The number of amides is 1. The number of halogens is 1. The van der Waals surface area contributed by atoms with Crippen LogP contribution in [0, 0.1) is 0 Å². The lowest BCUT2D eigenvalue weighted by molar-refractivity contribution is 0.0736. The van der Waals surface area contributed by atoms with Crippen LogP contribution in [0.1, 0.15) is 42.6 Å². The van der Waals surface area contributed by atoms with Crippen molar-refractivity contribution in [3.05, 3.63) is 23.2 Å². The van der Waals surface area contributed by atoms with Gasteiger partial charge in [0.25, 0.3) is 5.91 Å². The van der Waals surface area contributed by atoms with Crippen molar-refractivity contribution in [3.8, 4) is 0 Å². The highest BCUT2D eigenvalue weighted by atomic mass is 35.5. The van der Waals surface area contributed by atoms with Gasteiger partial charge in [-0.3, -0.25) is 4.79 Å². The lowest BCUT2D eigenvalue weighted by Gasteiger charge is -2.24. The van der Waals surface area contributed by atoms with Gasteiger partial charge in [0.2, 0.25) is 0 Å². The van der Waals surface area contributed by atoms with Crippen molar-refractivity contribution in [2.45, 2.75) is 32.1 Å². The van der Waals surface area contributed by atoms with E-state index >= 15 is 0 Å². The van der Waals surface area contributed by atoms with E-state index in [4.69, 9.17) is 11.6 Å². The van der Waals surface area contributed by atoms with Gasteiger partial charge in [-0.1, -0.05) is 30.9 Å². The Balaban J connectivity index is 2.04. The highest BCUT2D eigenvalue weighted by molar-refractivity contribution is 6.29. The van der Waals surface area contributed by atoms with Crippen molar-refractivity contribution in [2.24, 2.45) is 0 Å². The molecule has 2 rings (SSSR count). The van der Waals surface area contributed by atoms with Gasteiger partial charge in [0.05, 0.1) is 12.4 Å². The van der Waals surface area contributed by atoms with Gasteiger partial charge in [-0.15, -0.1) is 0 Å². The molecule has 0 N–H and O–H groups in total. The van der Waals surface area contributed by atoms with Crippen LogP contribution in [0.3, 0.4) is 0 Å². The Labute approximate surface area is 106 Å². The van der Waals surface area contributed by atoms with Crippen LogP contribution in [0.25, 0.3) is 0 Å². The SMILES string of the molecule is O=C(c1cnc(Cl)cn1)N1CCCCCCC1. The molecule has 1 amide bonds. The van der Waals surface area contributed by atoms with Gasteiger partial charge in [0, 0.05) is 13.1 Å². The Hall–Kier alpha value is -1.16. The first kappa shape index (κ1) is 12.3. The molecule has 0 aromatic carbocycles. The summed E-state index contributed by atoms with van der Waals surface area (Å²) >= 11 is 5.65. The van der Waals surface area contributed by atoms with E-state index in [-0.39, 0.29) is 5.91 Å². The quantitative estimate of drug-likeness (QED) is 0.773. The lowest BCUT2D eigenvalue weighted by atomic mass is 10.1. The largest absolute Gasteiger partial charge is 0.337 e. The van der Waals surface area contributed by atoms with Crippen molar-refractivity contribution < 1.29 is 4.79 Å². The Morgan fingerprint density at radius 1 is 1.06 bits per heavy atom. The van der Waals surface area contributed by atoms with Crippen molar-refractivity contribution in [1.82, 2.24) is 14.9 Å². The first-order valence-corrected chi connectivity index (χ1v) is 6.42. The zero-order chi connectivity index (χ0) is 12.1. The van der Waals surface area contributed by atoms with Crippen molar-refractivity contribution in [2.75, 3.05) is 13.1 Å². The maximum atomic E-state index is 12.2. The summed E-state index contributed by atoms with van der Waals surface area (Å²) < 4.78 is 0. The Kier molecular flexibility index (Phi) is 4.31. The molecule has 0 saturated carbocycles. The average Bonchev–Trinajstić information content (AvgIpc) is 2.29.